The van der Waals surface area contributed by atoms with Crippen molar-refractivity contribution in [3.05, 3.63) is 95.5 Å². The van der Waals surface area contributed by atoms with Crippen LogP contribution in [-0.4, -0.2) is 50.5 Å². The molecule has 0 spiro atoms. The van der Waals surface area contributed by atoms with Gasteiger partial charge in [0, 0.05) is 58.3 Å². The lowest BCUT2D eigenvalue weighted by atomic mass is 9.90. The maximum atomic E-state index is 4.75. The van der Waals surface area contributed by atoms with Gasteiger partial charge in [-0.05, 0) is 68.0 Å². The largest absolute Gasteiger partial charge is 0.383 e. The summed E-state index contributed by atoms with van der Waals surface area (Å²) < 4.78 is 0. The zero-order chi connectivity index (χ0) is 29.6. The summed E-state index contributed by atoms with van der Waals surface area (Å²) in [5.74, 6) is 0.766. The summed E-state index contributed by atoms with van der Waals surface area (Å²) in [7, 11) is 7.81. The quantitative estimate of drug-likeness (QED) is 0.100. The molecule has 39 heavy (non-hydrogen) atoms. The van der Waals surface area contributed by atoms with E-state index in [0.717, 1.165) is 17.6 Å². The van der Waals surface area contributed by atoms with Crippen LogP contribution >= 0.6 is 0 Å². The minimum Gasteiger partial charge on any atom is -0.383 e. The fraction of sp³-hybridized carbons (Fsp3) is 0.486. The highest BCUT2D eigenvalue weighted by atomic mass is 15.4. The van der Waals surface area contributed by atoms with Gasteiger partial charge in [0.25, 0.3) is 0 Å². The molecule has 4 nitrogen and oxygen atoms in total. The Labute approximate surface area is 241 Å². The van der Waals surface area contributed by atoms with Crippen LogP contribution in [0.25, 0.3) is 0 Å². The molecule has 0 bridgehead atoms. The molecule has 0 N–H and O–H groups in total. The van der Waals surface area contributed by atoms with Crippen molar-refractivity contribution in [1.29, 1.82) is 0 Å². The summed E-state index contributed by atoms with van der Waals surface area (Å²) in [6.07, 6.45) is 30.8. The molecule has 0 fully saturated rings. The average molecular weight is 533 g/mol. The lowest BCUT2D eigenvalue weighted by molar-refractivity contribution is 0.488. The molecule has 4 heteroatoms. The van der Waals surface area contributed by atoms with Gasteiger partial charge in [-0.3, -0.25) is 10.0 Å². The summed E-state index contributed by atoms with van der Waals surface area (Å²) >= 11 is 0. The van der Waals surface area contributed by atoms with Gasteiger partial charge in [-0.2, -0.15) is 5.10 Å². The first-order valence-electron chi connectivity index (χ1n) is 14.5. The van der Waals surface area contributed by atoms with Gasteiger partial charge < -0.3 is 4.90 Å². The van der Waals surface area contributed by atoms with Crippen LogP contribution in [0.15, 0.2) is 106 Å². The zero-order valence-electron chi connectivity index (χ0n) is 26.6. The molecule has 0 aromatic heterocycles. The van der Waals surface area contributed by atoms with Crippen molar-refractivity contribution < 1.29 is 0 Å². The van der Waals surface area contributed by atoms with Gasteiger partial charge in [-0.15, -0.1) is 0 Å². The normalized spacial score (nSPS) is 15.5. The Morgan fingerprint density at radius 3 is 2.13 bits per heavy atom. The Bertz CT molecular complexity index is 974. The van der Waals surface area contributed by atoms with Crippen LogP contribution in [0.5, 0.6) is 0 Å². The Kier molecular flexibility index (Phi) is 20.0. The fourth-order valence-electron chi connectivity index (χ4n) is 4.16. The second-order valence-corrected chi connectivity index (χ2v) is 10.2. The maximum Gasteiger partial charge on any atom is 0.0322 e. The van der Waals surface area contributed by atoms with E-state index < -0.39 is 0 Å². The average Bonchev–Trinajstić information content (AvgIpc) is 2.90. The van der Waals surface area contributed by atoms with Gasteiger partial charge in [0.05, 0.1) is 0 Å². The third kappa shape index (κ3) is 15.8. The van der Waals surface area contributed by atoms with E-state index in [1.54, 1.807) is 7.05 Å². The van der Waals surface area contributed by atoms with E-state index in [4.69, 9.17) is 5.10 Å². The van der Waals surface area contributed by atoms with Gasteiger partial charge >= 0.3 is 0 Å². The topological polar surface area (TPSA) is 31.2 Å². The standard InChI is InChI=1S/C35H56N4/c1-12-16-17-18-21-30(6)35(24-25-38(9)10)31(7)26-37-39(11)28-34(27-36-8)32(15-4)23-22-29(5)33(19-13-2)20-14-3/h15-18,21-28,31,33H,4,12-14,19-20H2,1-3,5-11H3/b17-16-,21-18-,25-24-,29-22+,32-23+,34-28+,35-30-,36-27?,37-26-. The SMILES string of the molecule is C=CC(=C\C=C(/C)C(CCC)CCC)/C(C=NC)=C/N(C)/N=C\C(C)C(/C=C\N(C)C)=C(C)\C=C/C=C\CC. The van der Waals surface area contributed by atoms with Crippen LogP contribution in [0.1, 0.15) is 73.6 Å². The van der Waals surface area contributed by atoms with Crippen molar-refractivity contribution in [3.63, 3.8) is 0 Å². The highest BCUT2D eigenvalue weighted by molar-refractivity contribution is 5.85. The summed E-state index contributed by atoms with van der Waals surface area (Å²) in [5, 5.41) is 6.60. The minimum atomic E-state index is 0.134. The predicted molar refractivity (Wildman–Crippen MR) is 177 cm³/mol. The van der Waals surface area contributed by atoms with Crippen LogP contribution in [-0.2, 0) is 0 Å². The number of rotatable bonds is 18. The summed E-state index contributed by atoms with van der Waals surface area (Å²) in [6.45, 7) is 17.3. The molecule has 0 aliphatic rings. The van der Waals surface area contributed by atoms with Gasteiger partial charge in [0.15, 0.2) is 0 Å². The van der Waals surface area contributed by atoms with E-state index in [0.29, 0.717) is 5.92 Å². The molecule has 0 aliphatic heterocycles. The molecule has 0 heterocycles. The molecular weight excluding hydrogens is 476 g/mol. The smallest absolute Gasteiger partial charge is 0.0322 e. The first-order chi connectivity index (χ1) is 18.6. The van der Waals surface area contributed by atoms with Crippen molar-refractivity contribution in [2.45, 2.75) is 73.6 Å². The van der Waals surface area contributed by atoms with Gasteiger partial charge in [0.2, 0.25) is 0 Å². The molecule has 216 valence electrons. The number of aliphatic imine (C=N–C) groups is 1. The van der Waals surface area contributed by atoms with Crippen LogP contribution < -0.4 is 0 Å². The number of hydrogen-bond donors (Lipinski definition) is 0. The van der Waals surface area contributed by atoms with E-state index in [-0.39, 0.29) is 5.92 Å². The third-order valence-electron chi connectivity index (χ3n) is 6.39. The van der Waals surface area contributed by atoms with Gasteiger partial charge in [-0.25, -0.2) is 0 Å². The van der Waals surface area contributed by atoms with E-state index >= 15 is 0 Å². The van der Waals surface area contributed by atoms with Crippen LogP contribution in [0, 0.1) is 11.8 Å². The molecule has 0 aliphatic carbocycles. The maximum absolute atomic E-state index is 4.75. The second-order valence-electron chi connectivity index (χ2n) is 10.2. The summed E-state index contributed by atoms with van der Waals surface area (Å²) in [6, 6.07) is 0. The molecule has 0 aromatic rings. The molecule has 0 amide bonds. The lowest BCUT2D eigenvalue weighted by Crippen LogP contribution is -2.09. The van der Waals surface area contributed by atoms with Crippen LogP contribution in [0.2, 0.25) is 0 Å². The van der Waals surface area contributed by atoms with Crippen LogP contribution in [0.3, 0.4) is 0 Å². The molecule has 0 saturated heterocycles. The van der Waals surface area contributed by atoms with E-state index in [1.165, 1.54) is 42.4 Å². The minimum absolute atomic E-state index is 0.134. The molecule has 0 saturated carbocycles. The number of hydrogen-bond acceptors (Lipinski definition) is 4. The summed E-state index contributed by atoms with van der Waals surface area (Å²) in [5.41, 5.74) is 5.86. The molecule has 0 rings (SSSR count). The third-order valence-corrected chi connectivity index (χ3v) is 6.39. The zero-order valence-corrected chi connectivity index (χ0v) is 26.6. The summed E-state index contributed by atoms with van der Waals surface area (Å²) in [4.78, 5) is 6.34. The number of nitrogens with zero attached hydrogens (tertiary/aromatic N) is 4. The van der Waals surface area contributed by atoms with Crippen molar-refractivity contribution in [3.8, 4) is 0 Å². The van der Waals surface area contributed by atoms with Crippen LogP contribution in [0.4, 0.5) is 0 Å². The van der Waals surface area contributed by atoms with E-state index in [9.17, 15) is 0 Å². The van der Waals surface area contributed by atoms with Gasteiger partial charge in [-0.1, -0.05) is 95.2 Å². The monoisotopic (exact) mass is 532 g/mol. The first-order valence-corrected chi connectivity index (χ1v) is 14.5. The fourth-order valence-corrected chi connectivity index (χ4v) is 4.16. The number of allylic oxidation sites excluding steroid dienone is 13. The van der Waals surface area contributed by atoms with E-state index in [2.05, 4.69) is 107 Å². The Balaban J connectivity index is 6.09. The van der Waals surface area contributed by atoms with E-state index in [1.807, 2.05) is 50.9 Å². The highest BCUT2D eigenvalue weighted by Gasteiger charge is 2.09. The second kappa shape index (κ2) is 21.8. The number of hydrazone groups is 1. The Morgan fingerprint density at radius 2 is 1.59 bits per heavy atom. The predicted octanol–water partition coefficient (Wildman–Crippen LogP) is 9.31. The van der Waals surface area contributed by atoms with Crippen molar-refractivity contribution >= 4 is 12.4 Å². The highest BCUT2D eigenvalue weighted by Crippen LogP contribution is 2.23. The molecule has 1 unspecified atom stereocenters. The van der Waals surface area contributed by atoms with Crippen molar-refractivity contribution in [1.82, 2.24) is 9.91 Å². The molecule has 0 aromatic carbocycles. The Morgan fingerprint density at radius 1 is 0.923 bits per heavy atom. The Hall–Kier alpha value is -3.14. The lowest BCUT2D eigenvalue weighted by Gasteiger charge is -2.16. The van der Waals surface area contributed by atoms with Gasteiger partial charge in [0.1, 0.15) is 0 Å². The first kappa shape index (κ1) is 35.9. The molecule has 0 radical (unpaired) electrons. The molecular formula is C35H56N4. The molecule has 1 atom stereocenters. The van der Waals surface area contributed by atoms with Crippen molar-refractivity contribution in [2.75, 3.05) is 28.2 Å². The van der Waals surface area contributed by atoms with Crippen molar-refractivity contribution in [2.24, 2.45) is 21.9 Å².